The number of carbonyl (C=O) groups excluding carboxylic acids is 1. The highest BCUT2D eigenvalue weighted by atomic mass is 16.5. The van der Waals surface area contributed by atoms with E-state index in [4.69, 9.17) is 15.2 Å². The summed E-state index contributed by atoms with van der Waals surface area (Å²) in [5.74, 6) is 0.619. The summed E-state index contributed by atoms with van der Waals surface area (Å²) >= 11 is 0. The van der Waals surface area contributed by atoms with Gasteiger partial charge in [0.2, 0.25) is 0 Å². The van der Waals surface area contributed by atoms with Crippen LogP contribution >= 0.6 is 0 Å². The van der Waals surface area contributed by atoms with Crippen LogP contribution in [0.15, 0.2) is 18.2 Å². The Labute approximate surface area is 107 Å². The number of rotatable bonds is 3. The van der Waals surface area contributed by atoms with Gasteiger partial charge in [0.05, 0.1) is 19.1 Å². The van der Waals surface area contributed by atoms with E-state index in [1.54, 1.807) is 13.8 Å². The van der Waals surface area contributed by atoms with Crippen molar-refractivity contribution in [2.75, 3.05) is 13.7 Å². The lowest BCUT2D eigenvalue weighted by molar-refractivity contribution is -0.152. The van der Waals surface area contributed by atoms with Crippen LogP contribution in [0.25, 0.3) is 0 Å². The van der Waals surface area contributed by atoms with Crippen LogP contribution in [0.5, 0.6) is 5.75 Å². The van der Waals surface area contributed by atoms with Crippen molar-refractivity contribution in [3.63, 3.8) is 0 Å². The summed E-state index contributed by atoms with van der Waals surface area (Å²) < 4.78 is 10.3. The van der Waals surface area contributed by atoms with Crippen LogP contribution in [0.3, 0.4) is 0 Å². The molecule has 0 unspecified atom stereocenters. The summed E-state index contributed by atoms with van der Waals surface area (Å²) in [6.07, 6.45) is 0.897. The van der Waals surface area contributed by atoms with E-state index in [0.717, 1.165) is 23.3 Å². The molecule has 0 spiro atoms. The topological polar surface area (TPSA) is 61.5 Å². The number of methoxy groups -OCH3 is 1. The number of benzene rings is 1. The number of ether oxygens (including phenoxy) is 2. The second-order valence-electron chi connectivity index (χ2n) is 5.16. The fourth-order valence-electron chi connectivity index (χ4n) is 2.21. The van der Waals surface area contributed by atoms with E-state index in [1.165, 1.54) is 7.11 Å². The highest BCUT2D eigenvalue weighted by molar-refractivity contribution is 5.77. The minimum Gasteiger partial charge on any atom is -0.493 e. The smallest absolute Gasteiger partial charge is 0.313 e. The predicted octanol–water partition coefficient (Wildman–Crippen LogP) is 1.82. The summed E-state index contributed by atoms with van der Waals surface area (Å²) in [4.78, 5) is 11.8. The molecule has 18 heavy (non-hydrogen) atoms. The van der Waals surface area contributed by atoms with Gasteiger partial charge in [-0.15, -0.1) is 0 Å². The van der Waals surface area contributed by atoms with Gasteiger partial charge in [0, 0.05) is 12.5 Å². The van der Waals surface area contributed by atoms with E-state index in [9.17, 15) is 4.79 Å². The summed E-state index contributed by atoms with van der Waals surface area (Å²) in [7, 11) is 1.38. The minimum atomic E-state index is -0.748. The van der Waals surface area contributed by atoms with Crippen LogP contribution in [0.4, 0.5) is 0 Å². The Morgan fingerprint density at radius 2 is 2.22 bits per heavy atom. The Morgan fingerprint density at radius 3 is 2.89 bits per heavy atom. The molecule has 0 radical (unpaired) electrons. The first kappa shape index (κ1) is 12.9. The second-order valence-corrected chi connectivity index (χ2v) is 5.16. The third-order valence-electron chi connectivity index (χ3n) is 3.56. The maximum Gasteiger partial charge on any atom is 0.313 e. The predicted molar refractivity (Wildman–Crippen MR) is 68.4 cm³/mol. The van der Waals surface area contributed by atoms with Gasteiger partial charge < -0.3 is 15.2 Å². The summed E-state index contributed by atoms with van der Waals surface area (Å²) in [5, 5.41) is 0. The van der Waals surface area contributed by atoms with Gasteiger partial charge in [0.25, 0.3) is 0 Å². The molecule has 98 valence electrons. The van der Waals surface area contributed by atoms with E-state index in [0.29, 0.717) is 6.61 Å². The lowest BCUT2D eigenvalue weighted by Crippen LogP contribution is -2.37. The molecule has 1 heterocycles. The fourth-order valence-corrected chi connectivity index (χ4v) is 2.21. The molecule has 0 amide bonds. The summed E-state index contributed by atoms with van der Waals surface area (Å²) in [6, 6.07) is 5.47. The van der Waals surface area contributed by atoms with Crippen molar-refractivity contribution in [3.8, 4) is 5.75 Å². The van der Waals surface area contributed by atoms with E-state index in [-0.39, 0.29) is 5.97 Å². The van der Waals surface area contributed by atoms with Crippen molar-refractivity contribution in [1.29, 1.82) is 0 Å². The van der Waals surface area contributed by atoms with Crippen LogP contribution in [-0.4, -0.2) is 19.7 Å². The second kappa shape index (κ2) is 4.61. The van der Waals surface area contributed by atoms with E-state index < -0.39 is 11.5 Å². The van der Waals surface area contributed by atoms with Crippen LogP contribution in [0.1, 0.15) is 31.0 Å². The minimum absolute atomic E-state index is 0.299. The van der Waals surface area contributed by atoms with E-state index in [2.05, 4.69) is 0 Å². The molecule has 1 atom stereocenters. The van der Waals surface area contributed by atoms with Gasteiger partial charge >= 0.3 is 5.97 Å². The Morgan fingerprint density at radius 1 is 1.50 bits per heavy atom. The zero-order valence-electron chi connectivity index (χ0n) is 11.0. The van der Waals surface area contributed by atoms with Gasteiger partial charge in [-0.3, -0.25) is 4.79 Å². The molecule has 0 saturated heterocycles. The number of hydrogen-bond donors (Lipinski definition) is 1. The maximum atomic E-state index is 11.8. The van der Waals surface area contributed by atoms with Crippen LogP contribution in [0, 0.1) is 5.41 Å². The first-order valence-corrected chi connectivity index (χ1v) is 6.06. The molecule has 2 N–H and O–H groups in total. The summed E-state index contributed by atoms with van der Waals surface area (Å²) in [5.41, 5.74) is 7.55. The SMILES string of the molecule is COC(=O)C(C)(C)[C@@H](N)c1ccc2c(c1)CCO2. The molecule has 4 heteroatoms. The van der Waals surface area contributed by atoms with Crippen molar-refractivity contribution in [2.24, 2.45) is 11.1 Å². The van der Waals surface area contributed by atoms with Gasteiger partial charge in [-0.25, -0.2) is 0 Å². The monoisotopic (exact) mass is 249 g/mol. The number of nitrogens with two attached hydrogens (primary N) is 1. The van der Waals surface area contributed by atoms with Crippen molar-refractivity contribution in [2.45, 2.75) is 26.3 Å². The van der Waals surface area contributed by atoms with Gasteiger partial charge in [-0.1, -0.05) is 12.1 Å². The van der Waals surface area contributed by atoms with E-state index in [1.807, 2.05) is 18.2 Å². The highest BCUT2D eigenvalue weighted by Crippen LogP contribution is 2.35. The zero-order chi connectivity index (χ0) is 13.3. The van der Waals surface area contributed by atoms with E-state index >= 15 is 0 Å². The Bertz CT molecular complexity index is 468. The molecule has 1 aromatic rings. The Kier molecular flexibility index (Phi) is 3.30. The van der Waals surface area contributed by atoms with Crippen molar-refractivity contribution < 1.29 is 14.3 Å². The molecule has 0 fully saturated rings. The van der Waals surface area contributed by atoms with Gasteiger partial charge in [0.15, 0.2) is 0 Å². The fraction of sp³-hybridized carbons (Fsp3) is 0.500. The normalized spacial score (nSPS) is 15.8. The molecular formula is C14H19NO3. The molecule has 0 saturated carbocycles. The molecule has 4 nitrogen and oxygen atoms in total. The quantitative estimate of drug-likeness (QED) is 0.830. The average Bonchev–Trinajstić information content (AvgIpc) is 2.83. The van der Waals surface area contributed by atoms with Gasteiger partial charge in [-0.2, -0.15) is 0 Å². The zero-order valence-corrected chi connectivity index (χ0v) is 11.0. The number of hydrogen-bond acceptors (Lipinski definition) is 4. The van der Waals surface area contributed by atoms with Crippen molar-refractivity contribution >= 4 is 5.97 Å². The maximum absolute atomic E-state index is 11.8. The molecule has 2 rings (SSSR count). The molecular weight excluding hydrogens is 230 g/mol. The van der Waals surface area contributed by atoms with Crippen LogP contribution in [0.2, 0.25) is 0 Å². The van der Waals surface area contributed by atoms with Crippen LogP contribution < -0.4 is 10.5 Å². The van der Waals surface area contributed by atoms with Crippen molar-refractivity contribution in [3.05, 3.63) is 29.3 Å². The largest absolute Gasteiger partial charge is 0.493 e. The average molecular weight is 249 g/mol. The van der Waals surface area contributed by atoms with Gasteiger partial charge in [-0.05, 0) is 31.0 Å². The molecule has 0 aliphatic carbocycles. The standard InChI is InChI=1S/C14H19NO3/c1-14(2,13(16)17-3)12(15)10-4-5-11-9(8-10)6-7-18-11/h4-5,8,12H,6-7,15H2,1-3H3/t12-/m0/s1. The van der Waals surface area contributed by atoms with Crippen molar-refractivity contribution in [1.82, 2.24) is 0 Å². The van der Waals surface area contributed by atoms with Crippen LogP contribution in [-0.2, 0) is 16.0 Å². The van der Waals surface area contributed by atoms with Gasteiger partial charge in [0.1, 0.15) is 5.75 Å². The number of carbonyl (C=O) groups is 1. The Hall–Kier alpha value is -1.55. The third kappa shape index (κ3) is 2.08. The molecule has 1 aliphatic rings. The number of esters is 1. The molecule has 0 bridgehead atoms. The third-order valence-corrected chi connectivity index (χ3v) is 3.56. The lowest BCUT2D eigenvalue weighted by Gasteiger charge is -2.29. The molecule has 1 aromatic carbocycles. The lowest BCUT2D eigenvalue weighted by atomic mass is 9.80. The Balaban J connectivity index is 2.28. The molecule has 0 aromatic heterocycles. The first-order valence-electron chi connectivity index (χ1n) is 6.06. The summed E-state index contributed by atoms with van der Waals surface area (Å²) in [6.45, 7) is 4.31. The number of fused-ring (bicyclic) bond motifs is 1. The first-order chi connectivity index (χ1) is 8.46. The highest BCUT2D eigenvalue weighted by Gasteiger charge is 2.36. The molecule has 1 aliphatic heterocycles.